The van der Waals surface area contributed by atoms with Crippen molar-refractivity contribution in [2.75, 3.05) is 27.4 Å². The highest BCUT2D eigenvalue weighted by Crippen LogP contribution is 2.16. The van der Waals surface area contributed by atoms with Crippen molar-refractivity contribution >= 4 is 5.91 Å². The van der Waals surface area contributed by atoms with Gasteiger partial charge in [-0.05, 0) is 30.7 Å². The zero-order valence-electron chi connectivity index (χ0n) is 9.87. The quantitative estimate of drug-likeness (QED) is 0.767. The Kier molecular flexibility index (Phi) is 4.79. The van der Waals surface area contributed by atoms with E-state index in [-0.39, 0.29) is 5.91 Å². The third-order valence-electron chi connectivity index (χ3n) is 2.14. The number of methoxy groups -OCH3 is 2. The average molecular weight is 223 g/mol. The molecule has 1 aromatic rings. The van der Waals surface area contributed by atoms with Crippen molar-refractivity contribution < 1.29 is 14.3 Å². The van der Waals surface area contributed by atoms with Crippen LogP contribution < -0.4 is 10.1 Å². The Morgan fingerprint density at radius 3 is 2.69 bits per heavy atom. The van der Waals surface area contributed by atoms with Crippen LogP contribution in [0.5, 0.6) is 5.75 Å². The van der Waals surface area contributed by atoms with Gasteiger partial charge in [0.25, 0.3) is 5.91 Å². The highest BCUT2D eigenvalue weighted by atomic mass is 16.5. The van der Waals surface area contributed by atoms with Crippen molar-refractivity contribution in [2.45, 2.75) is 6.92 Å². The molecule has 1 aromatic carbocycles. The normalized spacial score (nSPS) is 9.94. The summed E-state index contributed by atoms with van der Waals surface area (Å²) in [5, 5.41) is 2.76. The third-order valence-corrected chi connectivity index (χ3v) is 2.14. The summed E-state index contributed by atoms with van der Waals surface area (Å²) in [6.45, 7) is 2.94. The number of hydrogen-bond acceptors (Lipinski definition) is 3. The Morgan fingerprint density at radius 1 is 1.31 bits per heavy atom. The van der Waals surface area contributed by atoms with Gasteiger partial charge in [-0.2, -0.15) is 0 Å². The lowest BCUT2D eigenvalue weighted by Crippen LogP contribution is -2.26. The largest absolute Gasteiger partial charge is 0.497 e. The van der Waals surface area contributed by atoms with Crippen LogP contribution in [0.2, 0.25) is 0 Å². The molecule has 4 nitrogen and oxygen atoms in total. The lowest BCUT2D eigenvalue weighted by atomic mass is 10.1. The smallest absolute Gasteiger partial charge is 0.251 e. The van der Waals surface area contributed by atoms with E-state index in [1.165, 1.54) is 0 Å². The molecule has 0 aliphatic rings. The van der Waals surface area contributed by atoms with Gasteiger partial charge in [-0.1, -0.05) is 0 Å². The summed E-state index contributed by atoms with van der Waals surface area (Å²) in [5.41, 5.74) is 1.60. The zero-order valence-corrected chi connectivity index (χ0v) is 9.87. The molecule has 0 aromatic heterocycles. The molecular weight excluding hydrogens is 206 g/mol. The minimum atomic E-state index is -0.112. The monoisotopic (exact) mass is 223 g/mol. The van der Waals surface area contributed by atoms with E-state index in [9.17, 15) is 4.79 Å². The van der Waals surface area contributed by atoms with Crippen molar-refractivity contribution in [3.05, 3.63) is 29.3 Å². The van der Waals surface area contributed by atoms with Crippen LogP contribution in [-0.2, 0) is 4.74 Å². The fourth-order valence-corrected chi connectivity index (χ4v) is 1.37. The predicted octanol–water partition coefficient (Wildman–Crippen LogP) is 1.38. The fourth-order valence-electron chi connectivity index (χ4n) is 1.37. The van der Waals surface area contributed by atoms with E-state index in [1.54, 1.807) is 20.3 Å². The summed E-state index contributed by atoms with van der Waals surface area (Å²) in [6, 6.07) is 5.42. The van der Waals surface area contributed by atoms with Crippen LogP contribution >= 0.6 is 0 Å². The minimum Gasteiger partial charge on any atom is -0.497 e. The number of amides is 1. The minimum absolute atomic E-state index is 0.112. The zero-order chi connectivity index (χ0) is 12.0. The van der Waals surface area contributed by atoms with Gasteiger partial charge in [-0.3, -0.25) is 4.79 Å². The Balaban J connectivity index is 2.71. The maximum Gasteiger partial charge on any atom is 0.251 e. The first-order valence-corrected chi connectivity index (χ1v) is 5.10. The molecule has 0 aliphatic heterocycles. The molecule has 88 valence electrons. The number of rotatable bonds is 5. The molecule has 4 heteroatoms. The summed E-state index contributed by atoms with van der Waals surface area (Å²) in [6.07, 6.45) is 0. The van der Waals surface area contributed by atoms with E-state index in [0.717, 1.165) is 5.56 Å². The summed E-state index contributed by atoms with van der Waals surface area (Å²) in [7, 11) is 3.18. The number of aryl methyl sites for hydroxylation is 1. The molecule has 1 amide bonds. The summed E-state index contributed by atoms with van der Waals surface area (Å²) >= 11 is 0. The van der Waals surface area contributed by atoms with Crippen LogP contribution in [0.1, 0.15) is 15.9 Å². The summed E-state index contributed by atoms with van der Waals surface area (Å²) < 4.78 is 9.96. The van der Waals surface area contributed by atoms with Crippen molar-refractivity contribution in [1.82, 2.24) is 5.32 Å². The number of nitrogens with one attached hydrogen (secondary N) is 1. The number of carbonyl (C=O) groups excluding carboxylic acids is 1. The van der Waals surface area contributed by atoms with E-state index in [1.807, 2.05) is 19.1 Å². The lowest BCUT2D eigenvalue weighted by Gasteiger charge is -2.07. The van der Waals surface area contributed by atoms with Crippen LogP contribution in [-0.4, -0.2) is 33.3 Å². The molecule has 16 heavy (non-hydrogen) atoms. The molecule has 0 atom stereocenters. The molecule has 0 saturated carbocycles. The molecule has 0 unspecified atom stereocenters. The van der Waals surface area contributed by atoms with Crippen molar-refractivity contribution in [3.8, 4) is 5.75 Å². The van der Waals surface area contributed by atoms with Gasteiger partial charge >= 0.3 is 0 Å². The first-order chi connectivity index (χ1) is 7.67. The second kappa shape index (κ2) is 6.12. The van der Waals surface area contributed by atoms with Crippen LogP contribution in [0.25, 0.3) is 0 Å². The van der Waals surface area contributed by atoms with Gasteiger partial charge in [0, 0.05) is 19.2 Å². The standard InChI is InChI=1S/C12H17NO3/c1-9-6-10(8-11(7-9)16-3)12(14)13-4-5-15-2/h6-8H,4-5H2,1-3H3,(H,13,14). The fraction of sp³-hybridized carbons (Fsp3) is 0.417. The van der Waals surface area contributed by atoms with Crippen molar-refractivity contribution in [3.63, 3.8) is 0 Å². The second-order valence-corrected chi connectivity index (χ2v) is 3.49. The van der Waals surface area contributed by atoms with E-state index < -0.39 is 0 Å². The van der Waals surface area contributed by atoms with Gasteiger partial charge in [0.1, 0.15) is 5.75 Å². The first kappa shape index (κ1) is 12.5. The molecule has 0 spiro atoms. The number of benzene rings is 1. The number of carbonyl (C=O) groups is 1. The van der Waals surface area contributed by atoms with Gasteiger partial charge < -0.3 is 14.8 Å². The van der Waals surface area contributed by atoms with Gasteiger partial charge in [0.15, 0.2) is 0 Å². The molecule has 0 radical (unpaired) electrons. The van der Waals surface area contributed by atoms with Crippen LogP contribution in [0.15, 0.2) is 18.2 Å². The number of hydrogen-bond donors (Lipinski definition) is 1. The molecular formula is C12H17NO3. The molecule has 0 aliphatic carbocycles. The van der Waals surface area contributed by atoms with Gasteiger partial charge in [-0.25, -0.2) is 0 Å². The van der Waals surface area contributed by atoms with Crippen molar-refractivity contribution in [1.29, 1.82) is 0 Å². The third kappa shape index (κ3) is 3.55. The topological polar surface area (TPSA) is 47.6 Å². The summed E-state index contributed by atoms with van der Waals surface area (Å²) in [4.78, 5) is 11.7. The van der Waals surface area contributed by atoms with Gasteiger partial charge in [0.05, 0.1) is 13.7 Å². The van der Waals surface area contributed by atoms with E-state index in [0.29, 0.717) is 24.5 Å². The van der Waals surface area contributed by atoms with Gasteiger partial charge in [0.2, 0.25) is 0 Å². The predicted molar refractivity (Wildman–Crippen MR) is 61.9 cm³/mol. The Hall–Kier alpha value is -1.55. The first-order valence-electron chi connectivity index (χ1n) is 5.10. The van der Waals surface area contributed by atoms with E-state index in [4.69, 9.17) is 9.47 Å². The van der Waals surface area contributed by atoms with Crippen LogP contribution in [0, 0.1) is 6.92 Å². The molecule has 1 rings (SSSR count). The second-order valence-electron chi connectivity index (χ2n) is 3.49. The van der Waals surface area contributed by atoms with Gasteiger partial charge in [-0.15, -0.1) is 0 Å². The molecule has 0 bridgehead atoms. The summed E-state index contributed by atoms with van der Waals surface area (Å²) in [5.74, 6) is 0.580. The lowest BCUT2D eigenvalue weighted by molar-refractivity contribution is 0.0936. The molecule has 0 fully saturated rings. The Bertz CT molecular complexity index is 363. The SMILES string of the molecule is COCCNC(=O)c1cc(C)cc(OC)c1. The molecule has 0 saturated heterocycles. The Labute approximate surface area is 95.6 Å². The average Bonchev–Trinajstić information content (AvgIpc) is 2.28. The number of ether oxygens (including phenoxy) is 2. The van der Waals surface area contributed by atoms with Crippen molar-refractivity contribution in [2.24, 2.45) is 0 Å². The maximum atomic E-state index is 11.7. The van der Waals surface area contributed by atoms with Crippen LogP contribution in [0.3, 0.4) is 0 Å². The maximum absolute atomic E-state index is 11.7. The Morgan fingerprint density at radius 2 is 2.06 bits per heavy atom. The van der Waals surface area contributed by atoms with E-state index in [2.05, 4.69) is 5.32 Å². The molecule has 0 heterocycles. The highest BCUT2D eigenvalue weighted by molar-refractivity contribution is 5.94. The highest BCUT2D eigenvalue weighted by Gasteiger charge is 2.07. The van der Waals surface area contributed by atoms with Crippen LogP contribution in [0.4, 0.5) is 0 Å². The van der Waals surface area contributed by atoms with E-state index >= 15 is 0 Å². The molecule has 1 N–H and O–H groups in total.